The molecular weight excluding hydrogens is 423 g/mol. The molecule has 0 heterocycles. The van der Waals surface area contributed by atoms with Crippen LogP contribution in [0.2, 0.25) is 0 Å². The number of carbonyl (C=O) groups excluding carboxylic acids is 1. The Labute approximate surface area is 195 Å². The number of anilines is 1. The van der Waals surface area contributed by atoms with E-state index in [0.29, 0.717) is 31.7 Å². The molecule has 0 atom stereocenters. The van der Waals surface area contributed by atoms with Crippen molar-refractivity contribution in [1.29, 1.82) is 0 Å². The molecule has 1 saturated carbocycles. The van der Waals surface area contributed by atoms with Crippen LogP contribution in [0.4, 0.5) is 10.1 Å². The smallest absolute Gasteiger partial charge is 0.226 e. The van der Waals surface area contributed by atoms with E-state index in [0.717, 1.165) is 42.5 Å². The Morgan fingerprint density at radius 1 is 1.15 bits per heavy atom. The van der Waals surface area contributed by atoms with E-state index in [1.54, 1.807) is 26.2 Å². The van der Waals surface area contributed by atoms with Gasteiger partial charge in [-0.15, -0.1) is 0 Å². The molecule has 33 heavy (non-hydrogen) atoms. The molecule has 0 saturated heterocycles. The van der Waals surface area contributed by atoms with Crippen LogP contribution in [-0.4, -0.2) is 39.8 Å². The van der Waals surface area contributed by atoms with E-state index >= 15 is 0 Å². The number of hydrogen-bond donors (Lipinski definition) is 1. The Hall–Kier alpha value is -2.48. The molecular formula is C26H35FN2O4. The van der Waals surface area contributed by atoms with Crippen LogP contribution in [0.5, 0.6) is 5.75 Å². The average Bonchev–Trinajstić information content (AvgIpc) is 2.85. The van der Waals surface area contributed by atoms with E-state index < -0.39 is 5.60 Å². The van der Waals surface area contributed by atoms with Gasteiger partial charge in [0.1, 0.15) is 18.2 Å². The zero-order chi connectivity index (χ0) is 23.8. The Balaban J connectivity index is 1.66. The molecule has 1 aliphatic carbocycles. The maximum absolute atomic E-state index is 14.5. The SMILES string of the molecule is CO[C@H]1CC[C@](OC)(c2cc(F)cc(OCc3ccc(N(C)C(=O)CCCN)cc3)c2)CC1. The van der Waals surface area contributed by atoms with E-state index in [-0.39, 0.29) is 17.8 Å². The van der Waals surface area contributed by atoms with Crippen LogP contribution < -0.4 is 15.4 Å². The number of hydrogen-bond acceptors (Lipinski definition) is 5. The minimum atomic E-state index is -0.530. The van der Waals surface area contributed by atoms with Crippen molar-refractivity contribution >= 4 is 11.6 Å². The van der Waals surface area contributed by atoms with Crippen molar-refractivity contribution in [3.8, 4) is 5.75 Å². The third-order valence-corrected chi connectivity index (χ3v) is 6.56. The lowest BCUT2D eigenvalue weighted by molar-refractivity contribution is -0.118. The van der Waals surface area contributed by atoms with Crippen molar-refractivity contribution in [2.45, 2.75) is 56.8 Å². The second-order valence-electron chi connectivity index (χ2n) is 8.61. The van der Waals surface area contributed by atoms with Gasteiger partial charge in [0.05, 0.1) is 11.7 Å². The fraction of sp³-hybridized carbons (Fsp3) is 0.500. The van der Waals surface area contributed by atoms with Gasteiger partial charge in [-0.05, 0) is 74.0 Å². The van der Waals surface area contributed by atoms with Gasteiger partial charge in [0.25, 0.3) is 0 Å². The van der Waals surface area contributed by atoms with Gasteiger partial charge < -0.3 is 24.8 Å². The molecule has 2 aromatic rings. The summed E-state index contributed by atoms with van der Waals surface area (Å²) in [6, 6.07) is 12.4. The second kappa shape index (κ2) is 11.6. The number of ether oxygens (including phenoxy) is 3. The van der Waals surface area contributed by atoms with Gasteiger partial charge in [0.15, 0.2) is 0 Å². The van der Waals surface area contributed by atoms with Crippen LogP contribution in [0.3, 0.4) is 0 Å². The first kappa shape index (κ1) is 25.1. The van der Waals surface area contributed by atoms with Crippen molar-refractivity contribution in [2.75, 3.05) is 32.7 Å². The Morgan fingerprint density at radius 2 is 1.85 bits per heavy atom. The average molecular weight is 459 g/mol. The molecule has 1 aliphatic rings. The van der Waals surface area contributed by atoms with Gasteiger partial charge in [0, 0.05) is 39.4 Å². The van der Waals surface area contributed by atoms with Crippen molar-refractivity contribution in [3.05, 3.63) is 59.4 Å². The lowest BCUT2D eigenvalue weighted by atomic mass is 9.78. The molecule has 1 fully saturated rings. The third kappa shape index (κ3) is 6.31. The Bertz CT molecular complexity index is 911. The van der Waals surface area contributed by atoms with Crippen LogP contribution in [0.15, 0.2) is 42.5 Å². The molecule has 6 nitrogen and oxygen atoms in total. The van der Waals surface area contributed by atoms with Crippen molar-refractivity contribution in [1.82, 2.24) is 0 Å². The normalized spacial score (nSPS) is 20.5. The predicted molar refractivity (Wildman–Crippen MR) is 127 cm³/mol. The molecule has 3 rings (SSSR count). The molecule has 0 unspecified atom stereocenters. The number of amides is 1. The first-order chi connectivity index (χ1) is 15.9. The third-order valence-electron chi connectivity index (χ3n) is 6.56. The summed E-state index contributed by atoms with van der Waals surface area (Å²) in [7, 11) is 5.16. The fourth-order valence-electron chi connectivity index (χ4n) is 4.36. The zero-order valence-corrected chi connectivity index (χ0v) is 19.8. The first-order valence-electron chi connectivity index (χ1n) is 11.5. The van der Waals surface area contributed by atoms with Crippen molar-refractivity contribution < 1.29 is 23.4 Å². The van der Waals surface area contributed by atoms with Gasteiger partial charge in [-0.2, -0.15) is 0 Å². The maximum Gasteiger partial charge on any atom is 0.226 e. The lowest BCUT2D eigenvalue weighted by Crippen LogP contribution is -2.36. The van der Waals surface area contributed by atoms with Crippen LogP contribution >= 0.6 is 0 Å². The van der Waals surface area contributed by atoms with Crippen LogP contribution in [0, 0.1) is 5.82 Å². The highest BCUT2D eigenvalue weighted by Gasteiger charge is 2.37. The van der Waals surface area contributed by atoms with E-state index in [1.165, 1.54) is 12.1 Å². The maximum atomic E-state index is 14.5. The van der Waals surface area contributed by atoms with Gasteiger partial charge >= 0.3 is 0 Å². The lowest BCUT2D eigenvalue weighted by Gasteiger charge is -2.39. The highest BCUT2D eigenvalue weighted by molar-refractivity contribution is 5.92. The highest BCUT2D eigenvalue weighted by Crippen LogP contribution is 2.42. The summed E-state index contributed by atoms with van der Waals surface area (Å²) < 4.78 is 31.7. The van der Waals surface area contributed by atoms with Crippen molar-refractivity contribution in [3.63, 3.8) is 0 Å². The molecule has 7 heteroatoms. The van der Waals surface area contributed by atoms with Crippen LogP contribution in [-0.2, 0) is 26.5 Å². The summed E-state index contributed by atoms with van der Waals surface area (Å²) >= 11 is 0. The number of carbonyl (C=O) groups is 1. The van der Waals surface area contributed by atoms with E-state index in [1.807, 2.05) is 30.3 Å². The number of halogens is 1. The number of benzene rings is 2. The summed E-state index contributed by atoms with van der Waals surface area (Å²) in [5.74, 6) is 0.151. The summed E-state index contributed by atoms with van der Waals surface area (Å²) in [6.07, 6.45) is 4.58. The highest BCUT2D eigenvalue weighted by atomic mass is 19.1. The quantitative estimate of drug-likeness (QED) is 0.566. The van der Waals surface area contributed by atoms with E-state index in [2.05, 4.69) is 0 Å². The first-order valence-corrected chi connectivity index (χ1v) is 11.5. The van der Waals surface area contributed by atoms with Crippen molar-refractivity contribution in [2.24, 2.45) is 5.73 Å². The molecule has 0 aromatic heterocycles. The molecule has 2 N–H and O–H groups in total. The van der Waals surface area contributed by atoms with Crippen LogP contribution in [0.25, 0.3) is 0 Å². The second-order valence-corrected chi connectivity index (χ2v) is 8.61. The van der Waals surface area contributed by atoms with Gasteiger partial charge in [-0.3, -0.25) is 4.79 Å². The predicted octanol–water partition coefficient (Wildman–Crippen LogP) is 4.54. The number of methoxy groups -OCH3 is 2. The van der Waals surface area contributed by atoms with E-state index in [9.17, 15) is 9.18 Å². The summed E-state index contributed by atoms with van der Waals surface area (Å²) in [6.45, 7) is 0.788. The summed E-state index contributed by atoms with van der Waals surface area (Å²) in [4.78, 5) is 13.8. The minimum Gasteiger partial charge on any atom is -0.489 e. The Kier molecular flexibility index (Phi) is 8.83. The minimum absolute atomic E-state index is 0.0309. The number of nitrogens with zero attached hydrogens (tertiary/aromatic N) is 1. The number of rotatable bonds is 10. The molecule has 0 spiro atoms. The molecule has 0 radical (unpaired) electrons. The molecule has 0 bridgehead atoms. The standard InChI is InChI=1S/C26H35FN2O4/c1-29(25(30)5-4-14-28)22-8-6-19(7-9-22)18-33-24-16-20(15-21(27)17-24)26(32-3)12-10-23(31-2)11-13-26/h6-9,15-17,23H,4-5,10-14,18,28H2,1-3H3/t23-,26+. The molecule has 0 aliphatic heterocycles. The molecule has 2 aromatic carbocycles. The molecule has 180 valence electrons. The van der Waals surface area contributed by atoms with Crippen LogP contribution in [0.1, 0.15) is 49.7 Å². The van der Waals surface area contributed by atoms with E-state index in [4.69, 9.17) is 19.9 Å². The van der Waals surface area contributed by atoms with Gasteiger partial charge in [-0.25, -0.2) is 4.39 Å². The summed E-state index contributed by atoms with van der Waals surface area (Å²) in [5, 5.41) is 0. The largest absolute Gasteiger partial charge is 0.489 e. The topological polar surface area (TPSA) is 74.0 Å². The fourth-order valence-corrected chi connectivity index (χ4v) is 4.36. The monoisotopic (exact) mass is 458 g/mol. The number of nitrogens with two attached hydrogens (primary N) is 1. The Morgan fingerprint density at radius 3 is 2.45 bits per heavy atom. The van der Waals surface area contributed by atoms with Gasteiger partial charge in [0.2, 0.25) is 5.91 Å². The molecule has 1 amide bonds. The summed E-state index contributed by atoms with van der Waals surface area (Å²) in [5.41, 5.74) is 7.48. The zero-order valence-electron chi connectivity index (χ0n) is 19.8. The van der Waals surface area contributed by atoms with Gasteiger partial charge in [-0.1, -0.05) is 12.1 Å².